The van der Waals surface area contributed by atoms with Crippen LogP contribution in [0.3, 0.4) is 0 Å². The van der Waals surface area contributed by atoms with Crippen LogP contribution in [0.25, 0.3) is 11.3 Å². The number of nitrogen functional groups attached to an aromatic ring is 2. The Morgan fingerprint density at radius 3 is 1.42 bits per heavy atom. The summed E-state index contributed by atoms with van der Waals surface area (Å²) >= 11 is 2.19. The highest BCUT2D eigenvalue weighted by atomic mass is 127. The van der Waals surface area contributed by atoms with Crippen molar-refractivity contribution in [2.45, 2.75) is 197 Å². The molecule has 6 saturated carbocycles. The molecule has 4 aromatic heterocycles. The third-order valence-corrected chi connectivity index (χ3v) is 18.1. The van der Waals surface area contributed by atoms with E-state index in [0.29, 0.717) is 43.2 Å². The molecule has 0 spiro atoms. The number of nitrogens with two attached hydrogens (primary N) is 2. The maximum Gasteiger partial charge on any atom is 0.573 e. The second kappa shape index (κ2) is 23.1. The van der Waals surface area contributed by atoms with Crippen molar-refractivity contribution in [1.29, 1.82) is 0 Å². The van der Waals surface area contributed by atoms with Crippen LogP contribution in [-0.4, -0.2) is 136 Å². The highest BCUT2D eigenvalue weighted by molar-refractivity contribution is 14.1. The molecule has 83 heavy (non-hydrogen) atoms. The summed E-state index contributed by atoms with van der Waals surface area (Å²) in [6.07, 6.45) is 0.0957. The summed E-state index contributed by atoms with van der Waals surface area (Å²) in [5.41, 5.74) is 10.4. The van der Waals surface area contributed by atoms with Crippen LogP contribution in [0, 0.1) is 15.5 Å². The average Bonchev–Trinajstić information content (AvgIpc) is 0.893. The van der Waals surface area contributed by atoms with Crippen molar-refractivity contribution in [3.8, 4) is 22.8 Å². The van der Waals surface area contributed by atoms with Crippen LogP contribution >= 0.6 is 22.6 Å². The fraction of sp³-hybridized carbons (Fsp3) is 0.704. The molecule has 4 bridgehead atoms. The van der Waals surface area contributed by atoms with Crippen molar-refractivity contribution in [1.82, 2.24) is 38.9 Å². The molecule has 2 unspecified atom stereocenters. The number of alkyl halides is 11. The first-order valence-corrected chi connectivity index (χ1v) is 28.0. The first-order valence-electron chi connectivity index (χ1n) is 27.6. The number of hydrogen-bond donors (Lipinski definition) is 4. The zero-order valence-electron chi connectivity index (χ0n) is 47.8. The molecule has 0 radical (unpaired) electrons. The highest BCUT2D eigenvalue weighted by Gasteiger charge is 2.73. The van der Waals surface area contributed by atoms with E-state index < -0.39 is 79.6 Å². The molecule has 6 aliphatic carbocycles. The quantitative estimate of drug-likeness (QED) is 0.0594. The van der Waals surface area contributed by atoms with Gasteiger partial charge >= 0.3 is 19.8 Å². The maximum atomic E-state index is 13.6. The van der Waals surface area contributed by atoms with E-state index in [4.69, 9.17) is 22.1 Å². The van der Waals surface area contributed by atoms with Crippen molar-refractivity contribution in [3.05, 3.63) is 52.3 Å². The molecule has 9 fully saturated rings. The van der Waals surface area contributed by atoms with E-state index >= 15 is 0 Å². The standard InChI is InChI=1S/C23H28F5N5O2.C17H24F2IN3O.C12H16BF3N2O3.CH3F.CH4/c1-13(2)17(34)19-31-15(14-7-16(18(29)30-8-14)35-23(26,27)28)9-33(19)21-10-20(11-21,12-21)32-5-3-22(24,25)4-6-32;1-11(2)13(24)14-21-12(20)7-23(14)16-8-15(9-16,10-16)22-5-3-17(18,19)4-6-22;1-10(2)11(3,4)21-13(20-10)7-5-8(9(17)18-6-7)19-12(14,15)16;1-2;/h7-9,13,17,34H,3-6,10-12H2,1-2H3,(H2,29,30);7,11,13,24H,3-6,8-10H2,1-2H3;5-6H,1-4H3,(H2,17,18);1H3;1H4/i;;;1D;. The Morgan fingerprint density at radius 2 is 1.02 bits per heavy atom. The lowest BCUT2D eigenvalue weighted by molar-refractivity contribution is -0.275. The van der Waals surface area contributed by atoms with Gasteiger partial charge in [-0.2, -0.15) is 0 Å². The third kappa shape index (κ3) is 13.3. The number of anilines is 2. The Morgan fingerprint density at radius 1 is 0.651 bits per heavy atom. The summed E-state index contributed by atoms with van der Waals surface area (Å²) in [4.78, 5) is 21.1. The van der Waals surface area contributed by atoms with Crippen molar-refractivity contribution < 1.29 is 78.7 Å². The first kappa shape index (κ1) is 64.7. The molecule has 29 heteroatoms. The van der Waals surface area contributed by atoms with Crippen molar-refractivity contribution in [2.24, 2.45) is 11.8 Å². The fourth-order valence-electron chi connectivity index (χ4n) is 12.4. The molecule has 2 atom stereocenters. The predicted octanol–water partition coefficient (Wildman–Crippen LogP) is 11.1. The van der Waals surface area contributed by atoms with Gasteiger partial charge in [0.2, 0.25) is 0 Å². The molecule has 0 amide bonds. The van der Waals surface area contributed by atoms with E-state index in [1.54, 1.807) is 6.20 Å². The van der Waals surface area contributed by atoms with E-state index in [9.17, 15) is 58.5 Å². The van der Waals surface area contributed by atoms with Crippen LogP contribution in [0.15, 0.2) is 36.9 Å². The number of piperidine rings is 2. The van der Waals surface area contributed by atoms with Crippen LogP contribution in [0.1, 0.15) is 152 Å². The van der Waals surface area contributed by atoms with E-state index in [1.165, 1.54) is 12.4 Å². The minimum atomic E-state index is -4.93. The zero-order valence-corrected chi connectivity index (χ0v) is 48.9. The smallest absolute Gasteiger partial charge is 0.402 e. The molecule has 464 valence electrons. The summed E-state index contributed by atoms with van der Waals surface area (Å²) in [7, 11) is -1.83. The Kier molecular flexibility index (Phi) is 18.0. The topological polar surface area (TPSA) is 197 Å². The average molecular weight is 1310 g/mol. The van der Waals surface area contributed by atoms with Gasteiger partial charge in [-0.05, 0) is 113 Å². The molecule has 4 aromatic rings. The highest BCUT2D eigenvalue weighted by Crippen LogP contribution is 2.70. The van der Waals surface area contributed by atoms with Gasteiger partial charge in [0.05, 0.1) is 36.5 Å². The molecule has 13 rings (SSSR count). The summed E-state index contributed by atoms with van der Waals surface area (Å²) in [5, 5.41) is 21.4. The number of pyridine rings is 2. The van der Waals surface area contributed by atoms with Crippen LogP contribution in [0.5, 0.6) is 11.5 Å². The third-order valence-electron chi connectivity index (χ3n) is 17.6. The van der Waals surface area contributed by atoms with E-state index in [1.807, 2.05) is 66.2 Å². The lowest BCUT2D eigenvalue weighted by atomic mass is 9.43. The van der Waals surface area contributed by atoms with Crippen molar-refractivity contribution in [2.75, 3.05) is 44.8 Å². The minimum absolute atomic E-state index is 0. The van der Waals surface area contributed by atoms with Crippen LogP contribution < -0.4 is 26.4 Å². The Balaban J connectivity index is 0.000000182. The molecule has 7 heterocycles. The normalized spacial score (nSPS) is 28.1. The monoisotopic (exact) mass is 1310 g/mol. The molecule has 6 N–H and O–H groups in total. The van der Waals surface area contributed by atoms with Gasteiger partial charge in [0.1, 0.15) is 27.6 Å². The Labute approximate surface area is 491 Å². The lowest BCUT2D eigenvalue weighted by Gasteiger charge is -2.75. The van der Waals surface area contributed by atoms with Gasteiger partial charge in [-0.15, -0.1) is 26.3 Å². The number of likely N-dealkylation sites (tertiary alicyclic amines) is 2. The molecular weight excluding hydrogens is 1230 g/mol. The van der Waals surface area contributed by atoms with Gasteiger partial charge in [0, 0.05) is 98.8 Å². The van der Waals surface area contributed by atoms with E-state index in [2.05, 4.69) is 66.4 Å². The lowest BCUT2D eigenvalue weighted by Crippen LogP contribution is -2.79. The number of imidazole rings is 2. The SMILES string of the molecule is C.CC(C)C(O)c1nc(-c2cnc(N)c(OC(F)(F)F)c2)cn1C12CC(N3CCC(F)(F)CC3)(C1)C2.CC(C)C(O)c1nc(I)cn1C12CC(N3CCC(F)(F)CC3)(C1)C2.CC1(C)OB(c2cnc(N)c(OC(F)(F)F)c2)OC1(C)C.[2H]CF. The van der Waals surface area contributed by atoms with E-state index in [0.717, 1.165) is 60.2 Å². The van der Waals surface area contributed by atoms with E-state index in [-0.39, 0.29) is 78.5 Å². The second-order valence-electron chi connectivity index (χ2n) is 24.6. The molecule has 3 aliphatic heterocycles. The largest absolute Gasteiger partial charge is 0.573 e. The Bertz CT molecular complexity index is 2890. The maximum absolute atomic E-state index is 13.6. The number of aromatic nitrogens is 6. The van der Waals surface area contributed by atoms with Gasteiger partial charge in [-0.1, -0.05) is 35.1 Å². The first-order chi connectivity index (χ1) is 38.2. The number of aliphatic hydroxyl groups is 2. The number of ether oxygens (including phenoxy) is 2. The number of rotatable bonds is 12. The summed E-state index contributed by atoms with van der Waals surface area (Å²) in [6, 6.07) is 2.25. The molecule has 0 aromatic carbocycles. The number of aliphatic hydroxyl groups excluding tert-OH is 2. The van der Waals surface area contributed by atoms with Gasteiger partial charge in [0.15, 0.2) is 23.1 Å². The number of hydrogen-bond acceptors (Lipinski definition) is 14. The molecular formula is C54H75BF11IN10O6. The summed E-state index contributed by atoms with van der Waals surface area (Å²) in [5.74, 6) is -5.89. The minimum Gasteiger partial charge on any atom is -0.402 e. The van der Waals surface area contributed by atoms with Gasteiger partial charge < -0.3 is 49.6 Å². The van der Waals surface area contributed by atoms with Crippen LogP contribution in [0.4, 0.5) is 59.9 Å². The van der Waals surface area contributed by atoms with Crippen LogP contribution in [-0.2, 0) is 20.4 Å². The molecule has 9 aliphatic rings. The number of halogens is 12. The predicted molar refractivity (Wildman–Crippen MR) is 297 cm³/mol. The summed E-state index contributed by atoms with van der Waals surface area (Å²) < 4.78 is 169. The van der Waals surface area contributed by atoms with Gasteiger partial charge in [0.25, 0.3) is 11.8 Å². The van der Waals surface area contributed by atoms with Crippen LogP contribution in [0.2, 0.25) is 0 Å². The van der Waals surface area contributed by atoms with Crippen molar-refractivity contribution >= 4 is 46.8 Å². The van der Waals surface area contributed by atoms with Gasteiger partial charge in [-0.25, -0.2) is 37.5 Å². The summed E-state index contributed by atoms with van der Waals surface area (Å²) in [6.45, 7) is 16.8. The van der Waals surface area contributed by atoms with Gasteiger partial charge in [-0.3, -0.25) is 14.2 Å². The molecule has 3 saturated heterocycles. The fourth-order valence-corrected chi connectivity index (χ4v) is 12.9. The number of nitrogens with zero attached hydrogens (tertiary/aromatic N) is 8. The Hall–Kier alpha value is -4.30. The van der Waals surface area contributed by atoms with Crippen molar-refractivity contribution in [3.63, 3.8) is 0 Å². The zero-order chi connectivity index (χ0) is 61.5. The molecule has 16 nitrogen and oxygen atoms in total. The second-order valence-corrected chi connectivity index (χ2v) is 25.7.